The summed E-state index contributed by atoms with van der Waals surface area (Å²) in [5.41, 5.74) is 1.20. The Hall–Kier alpha value is -2.82. The van der Waals surface area contributed by atoms with E-state index in [1.807, 2.05) is 38.2 Å². The van der Waals surface area contributed by atoms with Crippen LogP contribution in [0.5, 0.6) is 0 Å². The molecule has 0 atom stereocenters. The Kier molecular flexibility index (Phi) is 4.79. The molecule has 3 rings (SSSR count). The topological polar surface area (TPSA) is 51.3 Å². The smallest absolute Gasteiger partial charge is 0.290 e. The lowest BCUT2D eigenvalue weighted by molar-refractivity contribution is 0.0650. The van der Waals surface area contributed by atoms with Crippen molar-refractivity contribution in [2.45, 2.75) is 33.0 Å². The summed E-state index contributed by atoms with van der Waals surface area (Å²) in [5.74, 6) is 1.08. The molecule has 2 heterocycles. The molecule has 5 nitrogen and oxygen atoms in total. The zero-order valence-electron chi connectivity index (χ0n) is 13.9. The van der Waals surface area contributed by atoms with Gasteiger partial charge in [-0.05, 0) is 31.5 Å². The molecule has 124 valence electrons. The van der Waals surface area contributed by atoms with E-state index in [1.54, 1.807) is 23.2 Å². The van der Waals surface area contributed by atoms with Gasteiger partial charge in [-0.3, -0.25) is 4.79 Å². The molecule has 1 amide bonds. The van der Waals surface area contributed by atoms with Gasteiger partial charge in [0.05, 0.1) is 12.8 Å². The van der Waals surface area contributed by atoms with Crippen LogP contribution in [0.4, 0.5) is 0 Å². The lowest BCUT2D eigenvalue weighted by Crippen LogP contribution is -2.37. The number of nitrogens with zero attached hydrogens (tertiary/aromatic N) is 3. The van der Waals surface area contributed by atoms with Gasteiger partial charge in [-0.25, -0.2) is 4.98 Å². The fraction of sp³-hybridized carbons (Fsp3) is 0.263. The van der Waals surface area contributed by atoms with Crippen LogP contribution in [0.25, 0.3) is 0 Å². The zero-order valence-corrected chi connectivity index (χ0v) is 13.9. The second-order valence-electron chi connectivity index (χ2n) is 5.96. The number of rotatable bonds is 6. The lowest BCUT2D eigenvalue weighted by Gasteiger charge is -2.25. The normalized spacial score (nSPS) is 11.0. The molecule has 0 aliphatic carbocycles. The summed E-state index contributed by atoms with van der Waals surface area (Å²) in [7, 11) is 0. The highest BCUT2D eigenvalue weighted by Gasteiger charge is 2.22. The van der Waals surface area contributed by atoms with Crippen molar-refractivity contribution in [3.63, 3.8) is 0 Å². The molecular weight excluding hydrogens is 302 g/mol. The number of hydrogen-bond acceptors (Lipinski definition) is 3. The van der Waals surface area contributed by atoms with Crippen LogP contribution in [0.3, 0.4) is 0 Å². The van der Waals surface area contributed by atoms with Crippen molar-refractivity contribution in [1.29, 1.82) is 0 Å². The Morgan fingerprint density at radius 1 is 1.21 bits per heavy atom. The average Bonchev–Trinajstić information content (AvgIpc) is 3.25. The van der Waals surface area contributed by atoms with Crippen molar-refractivity contribution in [3.05, 3.63) is 78.3 Å². The predicted octanol–water partition coefficient (Wildman–Crippen LogP) is 3.58. The van der Waals surface area contributed by atoms with Crippen molar-refractivity contribution in [2.24, 2.45) is 0 Å². The molecule has 0 bridgehead atoms. The van der Waals surface area contributed by atoms with Crippen molar-refractivity contribution < 1.29 is 9.21 Å². The minimum Gasteiger partial charge on any atom is -0.459 e. The monoisotopic (exact) mass is 323 g/mol. The number of benzene rings is 1. The first-order valence-corrected chi connectivity index (χ1v) is 8.03. The lowest BCUT2D eigenvalue weighted by atomic mass is 10.2. The molecule has 0 N–H and O–H groups in total. The molecular formula is C19H21N3O2. The van der Waals surface area contributed by atoms with Gasteiger partial charge in [0, 0.05) is 25.0 Å². The van der Waals surface area contributed by atoms with Gasteiger partial charge < -0.3 is 13.9 Å². The first kappa shape index (κ1) is 16.1. The third kappa shape index (κ3) is 3.56. The second kappa shape index (κ2) is 7.17. The molecule has 0 aliphatic heterocycles. The molecule has 3 aromatic rings. The van der Waals surface area contributed by atoms with Gasteiger partial charge in [-0.2, -0.15) is 0 Å². The summed E-state index contributed by atoms with van der Waals surface area (Å²) in [6.45, 7) is 5.16. The minimum atomic E-state index is -0.121. The van der Waals surface area contributed by atoms with E-state index in [2.05, 4.69) is 21.7 Å². The number of carbonyl (C=O) groups is 1. The third-order valence-electron chi connectivity index (χ3n) is 3.93. The van der Waals surface area contributed by atoms with Gasteiger partial charge in [-0.15, -0.1) is 0 Å². The summed E-state index contributed by atoms with van der Waals surface area (Å²) in [5, 5.41) is 0. The maximum absolute atomic E-state index is 12.6. The van der Waals surface area contributed by atoms with Crippen LogP contribution in [0.1, 0.15) is 35.8 Å². The fourth-order valence-corrected chi connectivity index (χ4v) is 2.60. The van der Waals surface area contributed by atoms with E-state index >= 15 is 0 Å². The summed E-state index contributed by atoms with van der Waals surface area (Å²) in [6.07, 6.45) is 5.23. The molecule has 0 radical (unpaired) electrons. The standard InChI is InChI=1S/C19H21N3O2/c1-15(2)22(19(23)17-9-6-12-24-17)14-18-20-10-11-21(18)13-16-7-4-3-5-8-16/h3-12,15H,13-14H2,1-2H3. The number of carbonyl (C=O) groups excluding carboxylic acids is 1. The highest BCUT2D eigenvalue weighted by atomic mass is 16.3. The number of hydrogen-bond donors (Lipinski definition) is 0. The van der Waals surface area contributed by atoms with Gasteiger partial charge in [0.15, 0.2) is 5.76 Å². The van der Waals surface area contributed by atoms with E-state index in [-0.39, 0.29) is 11.9 Å². The first-order chi connectivity index (χ1) is 11.6. The first-order valence-electron chi connectivity index (χ1n) is 8.03. The Balaban J connectivity index is 1.79. The van der Waals surface area contributed by atoms with Crippen LogP contribution in [-0.2, 0) is 13.1 Å². The quantitative estimate of drug-likeness (QED) is 0.697. The molecule has 1 aromatic carbocycles. The maximum Gasteiger partial charge on any atom is 0.290 e. The molecule has 2 aromatic heterocycles. The van der Waals surface area contributed by atoms with Gasteiger partial charge in [0.25, 0.3) is 5.91 Å². The van der Waals surface area contributed by atoms with E-state index in [9.17, 15) is 4.79 Å². The summed E-state index contributed by atoms with van der Waals surface area (Å²) >= 11 is 0. The molecule has 5 heteroatoms. The second-order valence-corrected chi connectivity index (χ2v) is 5.96. The van der Waals surface area contributed by atoms with Crippen LogP contribution in [0, 0.1) is 0 Å². The number of aromatic nitrogens is 2. The largest absolute Gasteiger partial charge is 0.459 e. The fourth-order valence-electron chi connectivity index (χ4n) is 2.60. The van der Waals surface area contributed by atoms with E-state index in [1.165, 1.54) is 11.8 Å². The summed E-state index contributed by atoms with van der Waals surface area (Å²) in [4.78, 5) is 18.8. The molecule has 24 heavy (non-hydrogen) atoms. The van der Waals surface area contributed by atoms with Gasteiger partial charge in [-0.1, -0.05) is 30.3 Å². The SMILES string of the molecule is CC(C)N(Cc1nccn1Cc1ccccc1)C(=O)c1ccco1. The van der Waals surface area contributed by atoms with Gasteiger partial charge in [0.1, 0.15) is 5.82 Å². The Labute approximate surface area is 141 Å². The van der Waals surface area contributed by atoms with E-state index < -0.39 is 0 Å². The predicted molar refractivity (Wildman–Crippen MR) is 91.5 cm³/mol. The van der Waals surface area contributed by atoms with E-state index in [0.29, 0.717) is 12.3 Å². The van der Waals surface area contributed by atoms with Gasteiger partial charge in [0.2, 0.25) is 0 Å². The van der Waals surface area contributed by atoms with Gasteiger partial charge >= 0.3 is 0 Å². The maximum atomic E-state index is 12.6. The van der Waals surface area contributed by atoms with Crippen LogP contribution in [0.15, 0.2) is 65.5 Å². The highest BCUT2D eigenvalue weighted by molar-refractivity contribution is 5.91. The Morgan fingerprint density at radius 3 is 2.67 bits per heavy atom. The highest BCUT2D eigenvalue weighted by Crippen LogP contribution is 2.14. The van der Waals surface area contributed by atoms with Crippen LogP contribution < -0.4 is 0 Å². The van der Waals surface area contributed by atoms with E-state index in [0.717, 1.165) is 12.4 Å². The molecule has 0 spiro atoms. The Morgan fingerprint density at radius 2 is 2.00 bits per heavy atom. The van der Waals surface area contributed by atoms with E-state index in [4.69, 9.17) is 4.42 Å². The molecule has 0 saturated heterocycles. The molecule has 0 saturated carbocycles. The van der Waals surface area contributed by atoms with Crippen LogP contribution >= 0.6 is 0 Å². The van der Waals surface area contributed by atoms with Crippen molar-refractivity contribution >= 4 is 5.91 Å². The van der Waals surface area contributed by atoms with Crippen molar-refractivity contribution in [2.75, 3.05) is 0 Å². The molecule has 0 fully saturated rings. The zero-order chi connectivity index (χ0) is 16.9. The molecule has 0 aliphatic rings. The van der Waals surface area contributed by atoms with Crippen LogP contribution in [-0.4, -0.2) is 26.4 Å². The van der Waals surface area contributed by atoms with Crippen molar-refractivity contribution in [1.82, 2.24) is 14.5 Å². The minimum absolute atomic E-state index is 0.0458. The number of amides is 1. The summed E-state index contributed by atoms with van der Waals surface area (Å²) < 4.78 is 7.32. The molecule has 0 unspecified atom stereocenters. The Bertz CT molecular complexity index is 776. The van der Waals surface area contributed by atoms with Crippen LogP contribution in [0.2, 0.25) is 0 Å². The third-order valence-corrected chi connectivity index (χ3v) is 3.93. The number of furan rings is 1. The number of imidazole rings is 1. The summed E-state index contributed by atoms with van der Waals surface area (Å²) in [6, 6.07) is 13.7. The average molecular weight is 323 g/mol. The van der Waals surface area contributed by atoms with Crippen molar-refractivity contribution in [3.8, 4) is 0 Å².